The van der Waals surface area contributed by atoms with E-state index in [0.29, 0.717) is 23.9 Å². The van der Waals surface area contributed by atoms with Crippen LogP contribution in [-0.4, -0.2) is 74.3 Å². The Morgan fingerprint density at radius 3 is 1.21 bits per heavy atom. The van der Waals surface area contributed by atoms with Gasteiger partial charge < -0.3 is 19.4 Å². The maximum Gasteiger partial charge on any atom is 0.472 e. The van der Waals surface area contributed by atoms with Crippen molar-refractivity contribution >= 4 is 19.7 Å². The predicted octanol–water partition coefficient (Wildman–Crippen LogP) is 20.5. The molecule has 77 heavy (non-hydrogen) atoms. The molecule has 0 fully saturated rings. The number of nitrogens with one attached hydrogen (secondary N) is 1. The predicted molar refractivity (Wildman–Crippen MR) is 332 cm³/mol. The Morgan fingerprint density at radius 1 is 0.455 bits per heavy atom. The molecule has 0 spiro atoms. The minimum atomic E-state index is -4.45. The van der Waals surface area contributed by atoms with Gasteiger partial charge in [-0.2, -0.15) is 0 Å². The summed E-state index contributed by atoms with van der Waals surface area (Å²) in [6.45, 7) is 6.99. The van der Waals surface area contributed by atoms with Crippen molar-refractivity contribution in [2.45, 2.75) is 328 Å². The van der Waals surface area contributed by atoms with Crippen LogP contribution in [0.2, 0.25) is 0 Å². The number of nitrogens with zero attached hydrogens (tertiary/aromatic N) is 1. The van der Waals surface area contributed by atoms with E-state index in [-0.39, 0.29) is 25.1 Å². The van der Waals surface area contributed by atoms with E-state index in [0.717, 1.165) is 77.0 Å². The molecule has 0 saturated heterocycles. The number of rotatable bonds is 60. The SMILES string of the molecule is CCCCC/C=C/C=C/CCCCCCCCC(=O)NC(COP(=O)(O)OCC[N+](C)(C)C)C(/C=C\CCCCCCCCCCC)OC(=O)CCCCCCCCCCCCCCCCC/C=C/CCCCCCCC. The van der Waals surface area contributed by atoms with Gasteiger partial charge in [-0.05, 0) is 83.1 Å². The lowest BCUT2D eigenvalue weighted by Crippen LogP contribution is -2.47. The van der Waals surface area contributed by atoms with E-state index in [2.05, 4.69) is 62.5 Å². The lowest BCUT2D eigenvalue weighted by Gasteiger charge is -2.27. The summed E-state index contributed by atoms with van der Waals surface area (Å²) in [6, 6.07) is -0.852. The first-order valence-corrected chi connectivity index (χ1v) is 34.5. The van der Waals surface area contributed by atoms with Crippen LogP contribution in [0.25, 0.3) is 0 Å². The number of carbonyl (C=O) groups is 2. The molecule has 3 atom stereocenters. The number of carbonyl (C=O) groups excluding carboxylic acids is 2. The van der Waals surface area contributed by atoms with Gasteiger partial charge in [-0.25, -0.2) is 4.57 Å². The quantitative estimate of drug-likeness (QED) is 0.0156. The lowest BCUT2D eigenvalue weighted by atomic mass is 10.0. The van der Waals surface area contributed by atoms with Crippen LogP contribution in [0.1, 0.15) is 316 Å². The highest BCUT2D eigenvalue weighted by Gasteiger charge is 2.30. The highest BCUT2D eigenvalue weighted by molar-refractivity contribution is 7.47. The zero-order chi connectivity index (χ0) is 56.4. The summed E-state index contributed by atoms with van der Waals surface area (Å²) in [5.74, 6) is -0.508. The van der Waals surface area contributed by atoms with Gasteiger partial charge in [-0.1, -0.05) is 269 Å². The molecule has 10 heteroatoms. The second kappa shape index (κ2) is 57.2. The Bertz CT molecular complexity index is 1460. The second-order valence-electron chi connectivity index (χ2n) is 23.7. The first-order chi connectivity index (χ1) is 37.4. The Kier molecular flexibility index (Phi) is 55.7. The summed E-state index contributed by atoms with van der Waals surface area (Å²) in [4.78, 5) is 37.7. The fourth-order valence-corrected chi connectivity index (χ4v) is 10.4. The summed E-state index contributed by atoms with van der Waals surface area (Å²) >= 11 is 0. The van der Waals surface area contributed by atoms with Crippen molar-refractivity contribution < 1.29 is 37.3 Å². The summed E-state index contributed by atoms with van der Waals surface area (Å²) in [6.07, 6.45) is 71.2. The number of allylic oxidation sites excluding steroid dienone is 7. The monoisotopic (exact) mass is 1100 g/mol. The number of esters is 1. The van der Waals surface area contributed by atoms with E-state index < -0.39 is 20.0 Å². The van der Waals surface area contributed by atoms with Gasteiger partial charge in [0.2, 0.25) is 5.91 Å². The number of phosphoric ester groups is 1. The minimum absolute atomic E-state index is 0.0386. The average Bonchev–Trinajstić information content (AvgIpc) is 3.39. The zero-order valence-corrected chi connectivity index (χ0v) is 52.6. The number of amides is 1. The molecule has 0 aromatic rings. The van der Waals surface area contributed by atoms with Gasteiger partial charge in [0.05, 0.1) is 33.8 Å². The number of unbranched alkanes of at least 4 members (excludes halogenated alkanes) is 39. The number of hydrogen-bond acceptors (Lipinski definition) is 6. The lowest BCUT2D eigenvalue weighted by molar-refractivity contribution is -0.870. The topological polar surface area (TPSA) is 111 Å². The van der Waals surface area contributed by atoms with Crippen molar-refractivity contribution in [2.24, 2.45) is 0 Å². The largest absolute Gasteiger partial charge is 0.472 e. The molecule has 3 unspecified atom stereocenters. The van der Waals surface area contributed by atoms with Crippen molar-refractivity contribution in [1.29, 1.82) is 0 Å². The van der Waals surface area contributed by atoms with Gasteiger partial charge in [0.25, 0.3) is 0 Å². The van der Waals surface area contributed by atoms with Crippen molar-refractivity contribution in [1.82, 2.24) is 5.32 Å². The van der Waals surface area contributed by atoms with Gasteiger partial charge in [0.15, 0.2) is 0 Å². The maximum atomic E-state index is 13.5. The Morgan fingerprint density at radius 2 is 0.792 bits per heavy atom. The van der Waals surface area contributed by atoms with Crippen LogP contribution in [-0.2, 0) is 27.9 Å². The fraction of sp³-hybridized carbons (Fsp3) is 0.851. The third-order valence-corrected chi connectivity index (χ3v) is 15.8. The van der Waals surface area contributed by atoms with E-state index in [4.69, 9.17) is 13.8 Å². The molecule has 0 radical (unpaired) electrons. The molecule has 0 aromatic carbocycles. The molecular weight excluding hydrogens is 976 g/mol. The first-order valence-electron chi connectivity index (χ1n) is 33.0. The van der Waals surface area contributed by atoms with Crippen molar-refractivity contribution in [3.63, 3.8) is 0 Å². The van der Waals surface area contributed by atoms with E-state index in [9.17, 15) is 19.0 Å². The van der Waals surface area contributed by atoms with E-state index >= 15 is 0 Å². The van der Waals surface area contributed by atoms with E-state index in [1.807, 2.05) is 33.3 Å². The van der Waals surface area contributed by atoms with Crippen LogP contribution in [0.4, 0.5) is 0 Å². The van der Waals surface area contributed by atoms with Crippen LogP contribution in [0.3, 0.4) is 0 Å². The Labute approximate surface area is 478 Å². The number of quaternary nitrogens is 1. The standard InChI is InChI=1S/C67H127N2O7P/c1-7-10-13-16-19-22-25-27-29-30-31-32-33-34-35-36-37-38-40-42-45-48-51-54-57-60-67(71)76-65(58-55-52-49-46-43-24-21-18-15-12-9-3)64(63-75-77(72,73)74-62-61-69(4,5)6)68-66(70)59-56-53-50-47-44-41-39-28-26-23-20-17-14-11-8-2/h20,23,26-29,55,58,64-65H,7-19,21-22,24-25,30-54,56-57,59-63H2,1-6H3,(H-,68,70,72,73)/p+1/b23-20+,28-26+,29-27+,58-55-. The molecule has 2 N–H and O–H groups in total. The summed E-state index contributed by atoms with van der Waals surface area (Å²) in [7, 11) is 1.49. The molecule has 9 nitrogen and oxygen atoms in total. The van der Waals surface area contributed by atoms with Crippen LogP contribution in [0.5, 0.6) is 0 Å². The van der Waals surface area contributed by atoms with E-state index in [1.54, 1.807) is 0 Å². The number of ether oxygens (including phenoxy) is 1. The summed E-state index contributed by atoms with van der Waals surface area (Å²) in [5, 5.41) is 3.05. The molecule has 452 valence electrons. The number of phosphoric acid groups is 1. The smallest absolute Gasteiger partial charge is 0.456 e. The van der Waals surface area contributed by atoms with Gasteiger partial charge in [-0.3, -0.25) is 18.6 Å². The van der Waals surface area contributed by atoms with Crippen LogP contribution in [0, 0.1) is 0 Å². The fourth-order valence-electron chi connectivity index (χ4n) is 9.63. The Hall–Kier alpha value is -2.03. The maximum absolute atomic E-state index is 13.5. The van der Waals surface area contributed by atoms with Crippen LogP contribution in [0.15, 0.2) is 48.6 Å². The molecule has 0 rings (SSSR count). The molecule has 0 heterocycles. The highest BCUT2D eigenvalue weighted by Crippen LogP contribution is 2.43. The van der Waals surface area contributed by atoms with Crippen molar-refractivity contribution in [2.75, 3.05) is 40.9 Å². The highest BCUT2D eigenvalue weighted by atomic mass is 31.2. The molecular formula is C67H128N2O7P+. The molecule has 0 aliphatic heterocycles. The molecule has 0 aliphatic rings. The van der Waals surface area contributed by atoms with Crippen LogP contribution < -0.4 is 5.32 Å². The van der Waals surface area contributed by atoms with Gasteiger partial charge >= 0.3 is 13.8 Å². The average molecular weight is 1100 g/mol. The number of hydrogen-bond donors (Lipinski definition) is 2. The van der Waals surface area contributed by atoms with Gasteiger partial charge in [0.1, 0.15) is 19.3 Å². The van der Waals surface area contributed by atoms with Crippen molar-refractivity contribution in [3.05, 3.63) is 48.6 Å². The molecule has 0 aromatic heterocycles. The molecule has 0 saturated carbocycles. The zero-order valence-electron chi connectivity index (χ0n) is 51.7. The second-order valence-corrected chi connectivity index (χ2v) is 25.1. The van der Waals surface area contributed by atoms with E-state index in [1.165, 1.54) is 205 Å². The minimum Gasteiger partial charge on any atom is -0.456 e. The van der Waals surface area contributed by atoms with Gasteiger partial charge in [-0.15, -0.1) is 0 Å². The number of likely N-dealkylation sites (N-methyl/N-ethyl adjacent to an activating group) is 1. The molecule has 0 aliphatic carbocycles. The molecule has 0 bridgehead atoms. The summed E-state index contributed by atoms with van der Waals surface area (Å²) in [5.41, 5.74) is 0. The normalized spacial score (nSPS) is 13.9. The van der Waals surface area contributed by atoms with Crippen molar-refractivity contribution in [3.8, 4) is 0 Å². The molecule has 1 amide bonds. The van der Waals surface area contributed by atoms with Crippen LogP contribution >= 0.6 is 7.82 Å². The third-order valence-electron chi connectivity index (χ3n) is 14.8. The van der Waals surface area contributed by atoms with Gasteiger partial charge in [0, 0.05) is 12.8 Å². The Balaban J connectivity index is 5.04. The third kappa shape index (κ3) is 58.4. The summed E-state index contributed by atoms with van der Waals surface area (Å²) < 4.78 is 30.7. The first kappa shape index (κ1) is 75.0.